The first-order valence-corrected chi connectivity index (χ1v) is 8.54. The maximum atomic E-state index is 12.1. The first kappa shape index (κ1) is 13.6. The molecule has 0 radical (unpaired) electrons. The zero-order valence-electron chi connectivity index (χ0n) is 11.1. The molecule has 0 saturated carbocycles. The molecule has 102 valence electrons. The summed E-state index contributed by atoms with van der Waals surface area (Å²) in [5.41, 5.74) is 2.85. The van der Waals surface area contributed by atoms with Crippen molar-refractivity contribution in [2.75, 3.05) is 6.26 Å². The minimum atomic E-state index is -1.10. The number of furan rings is 1. The predicted molar refractivity (Wildman–Crippen MR) is 86.4 cm³/mol. The summed E-state index contributed by atoms with van der Waals surface area (Å²) in [6, 6.07) is 13.8. The molecule has 0 bridgehead atoms. The second kappa shape index (κ2) is 5.19. The highest BCUT2D eigenvalue weighted by Gasteiger charge is 2.18. The van der Waals surface area contributed by atoms with Gasteiger partial charge in [-0.05, 0) is 31.2 Å². The van der Waals surface area contributed by atoms with Gasteiger partial charge in [-0.3, -0.25) is 4.21 Å². The fourth-order valence-corrected chi connectivity index (χ4v) is 3.42. The monoisotopic (exact) mass is 348 g/mol. The van der Waals surface area contributed by atoms with Gasteiger partial charge in [-0.1, -0.05) is 39.7 Å². The number of aryl methyl sites for hydroxylation is 1. The van der Waals surface area contributed by atoms with Gasteiger partial charge in [0.15, 0.2) is 5.76 Å². The SMILES string of the molecule is Cc1ccc2oc(-c3ccc(Br)cc3)c([S@@](C)=O)c2c1. The van der Waals surface area contributed by atoms with Crippen LogP contribution in [0.2, 0.25) is 0 Å². The molecule has 0 aliphatic rings. The van der Waals surface area contributed by atoms with Crippen LogP contribution in [-0.4, -0.2) is 10.5 Å². The summed E-state index contributed by atoms with van der Waals surface area (Å²) in [6.07, 6.45) is 1.69. The molecule has 3 rings (SSSR count). The summed E-state index contributed by atoms with van der Waals surface area (Å²) < 4.78 is 19.1. The van der Waals surface area contributed by atoms with Crippen LogP contribution in [0.4, 0.5) is 0 Å². The van der Waals surface area contributed by atoms with E-state index in [1.165, 1.54) is 0 Å². The van der Waals surface area contributed by atoms with Crippen molar-refractivity contribution < 1.29 is 8.63 Å². The Balaban J connectivity index is 2.32. The molecule has 2 aromatic carbocycles. The molecule has 0 aliphatic carbocycles. The standard InChI is InChI=1S/C16H13BrO2S/c1-10-3-8-14-13(9-10)16(20(2)18)15(19-14)11-4-6-12(17)7-5-11/h3-9H,1-2H3/t20-/m1/s1. The molecule has 0 spiro atoms. The molecule has 1 aromatic heterocycles. The van der Waals surface area contributed by atoms with Gasteiger partial charge in [-0.15, -0.1) is 0 Å². The highest BCUT2D eigenvalue weighted by atomic mass is 79.9. The maximum absolute atomic E-state index is 12.1. The minimum Gasteiger partial charge on any atom is -0.455 e. The second-order valence-electron chi connectivity index (χ2n) is 4.72. The fourth-order valence-electron chi connectivity index (χ4n) is 2.27. The van der Waals surface area contributed by atoms with Gasteiger partial charge < -0.3 is 4.42 Å². The molecule has 4 heteroatoms. The number of rotatable bonds is 2. The van der Waals surface area contributed by atoms with E-state index in [-0.39, 0.29) is 0 Å². The van der Waals surface area contributed by atoms with Gasteiger partial charge in [0.1, 0.15) is 5.58 Å². The van der Waals surface area contributed by atoms with Gasteiger partial charge >= 0.3 is 0 Å². The molecule has 1 atom stereocenters. The van der Waals surface area contributed by atoms with Crippen molar-refractivity contribution in [2.45, 2.75) is 11.8 Å². The lowest BCUT2D eigenvalue weighted by molar-refractivity contribution is 0.622. The van der Waals surface area contributed by atoms with Gasteiger partial charge in [0.2, 0.25) is 0 Å². The molecular weight excluding hydrogens is 336 g/mol. The van der Waals surface area contributed by atoms with Crippen molar-refractivity contribution in [3.05, 3.63) is 52.5 Å². The normalized spacial score (nSPS) is 12.8. The molecular formula is C16H13BrO2S. The number of benzene rings is 2. The van der Waals surface area contributed by atoms with Crippen molar-refractivity contribution in [1.82, 2.24) is 0 Å². The second-order valence-corrected chi connectivity index (χ2v) is 6.95. The summed E-state index contributed by atoms with van der Waals surface area (Å²) in [7, 11) is -1.10. The van der Waals surface area contributed by atoms with Crippen LogP contribution in [0.3, 0.4) is 0 Å². The third kappa shape index (κ3) is 2.34. The Hall–Kier alpha value is -1.39. The number of hydrogen-bond donors (Lipinski definition) is 0. The van der Waals surface area contributed by atoms with E-state index in [1.807, 2.05) is 49.4 Å². The highest BCUT2D eigenvalue weighted by Crippen LogP contribution is 2.36. The van der Waals surface area contributed by atoms with E-state index in [2.05, 4.69) is 15.9 Å². The zero-order chi connectivity index (χ0) is 14.3. The van der Waals surface area contributed by atoms with Crippen LogP contribution in [0.1, 0.15) is 5.56 Å². The molecule has 0 amide bonds. The van der Waals surface area contributed by atoms with E-state index in [9.17, 15) is 4.21 Å². The Morgan fingerprint density at radius 2 is 1.80 bits per heavy atom. The Morgan fingerprint density at radius 3 is 2.45 bits per heavy atom. The van der Waals surface area contributed by atoms with E-state index in [0.717, 1.165) is 31.5 Å². The molecule has 0 fully saturated rings. The Morgan fingerprint density at radius 1 is 1.10 bits per heavy atom. The molecule has 0 aliphatic heterocycles. The van der Waals surface area contributed by atoms with Crippen LogP contribution in [0.25, 0.3) is 22.3 Å². The summed E-state index contributed by atoms with van der Waals surface area (Å²) in [6.45, 7) is 2.02. The lowest BCUT2D eigenvalue weighted by Crippen LogP contribution is -1.89. The minimum absolute atomic E-state index is 0.693. The van der Waals surface area contributed by atoms with Crippen LogP contribution in [0.5, 0.6) is 0 Å². The lowest BCUT2D eigenvalue weighted by atomic mass is 10.1. The molecule has 1 heterocycles. The average molecular weight is 349 g/mol. The molecule has 2 nitrogen and oxygen atoms in total. The summed E-state index contributed by atoms with van der Waals surface area (Å²) in [5, 5.41) is 0.934. The smallest absolute Gasteiger partial charge is 0.151 e. The van der Waals surface area contributed by atoms with Crippen LogP contribution in [-0.2, 0) is 10.8 Å². The van der Waals surface area contributed by atoms with E-state index < -0.39 is 10.8 Å². The van der Waals surface area contributed by atoms with E-state index in [1.54, 1.807) is 6.26 Å². The quantitative estimate of drug-likeness (QED) is 0.658. The van der Waals surface area contributed by atoms with Crippen LogP contribution >= 0.6 is 15.9 Å². The largest absolute Gasteiger partial charge is 0.455 e. The van der Waals surface area contributed by atoms with Crippen LogP contribution in [0.15, 0.2) is 56.2 Å². The van der Waals surface area contributed by atoms with Crippen LogP contribution < -0.4 is 0 Å². The fraction of sp³-hybridized carbons (Fsp3) is 0.125. The summed E-state index contributed by atoms with van der Waals surface area (Å²) in [5.74, 6) is 0.693. The Labute approximate surface area is 128 Å². The maximum Gasteiger partial charge on any atom is 0.151 e. The summed E-state index contributed by atoms with van der Waals surface area (Å²) >= 11 is 3.42. The first-order valence-electron chi connectivity index (χ1n) is 6.19. The average Bonchev–Trinajstić information content (AvgIpc) is 2.78. The third-order valence-electron chi connectivity index (χ3n) is 3.19. The lowest BCUT2D eigenvalue weighted by Gasteiger charge is -2.00. The number of fused-ring (bicyclic) bond motifs is 1. The molecule has 0 N–H and O–H groups in total. The van der Waals surface area contributed by atoms with Gasteiger partial charge in [-0.2, -0.15) is 0 Å². The molecule has 3 aromatic rings. The van der Waals surface area contributed by atoms with Crippen molar-refractivity contribution in [1.29, 1.82) is 0 Å². The first-order chi connectivity index (χ1) is 9.56. The number of halogens is 1. The van der Waals surface area contributed by atoms with E-state index >= 15 is 0 Å². The molecule has 20 heavy (non-hydrogen) atoms. The zero-order valence-corrected chi connectivity index (χ0v) is 13.5. The highest BCUT2D eigenvalue weighted by molar-refractivity contribution is 9.10. The van der Waals surface area contributed by atoms with E-state index in [0.29, 0.717) is 5.76 Å². The van der Waals surface area contributed by atoms with Gasteiger partial charge in [0, 0.05) is 21.7 Å². The molecule has 0 saturated heterocycles. The van der Waals surface area contributed by atoms with Crippen molar-refractivity contribution >= 4 is 37.7 Å². The number of hydrogen-bond acceptors (Lipinski definition) is 2. The van der Waals surface area contributed by atoms with Crippen LogP contribution in [0, 0.1) is 6.92 Å². The Kier molecular flexibility index (Phi) is 3.52. The third-order valence-corrected chi connectivity index (χ3v) is 4.70. The van der Waals surface area contributed by atoms with Gasteiger partial charge in [-0.25, -0.2) is 0 Å². The van der Waals surface area contributed by atoms with Crippen molar-refractivity contribution in [2.24, 2.45) is 0 Å². The van der Waals surface area contributed by atoms with Gasteiger partial charge in [0.05, 0.1) is 15.7 Å². The predicted octanol–water partition coefficient (Wildman–Crippen LogP) is 4.91. The Bertz CT molecular complexity index is 803. The van der Waals surface area contributed by atoms with E-state index in [4.69, 9.17) is 4.42 Å². The molecule has 0 unspecified atom stereocenters. The van der Waals surface area contributed by atoms with Crippen molar-refractivity contribution in [3.63, 3.8) is 0 Å². The van der Waals surface area contributed by atoms with Gasteiger partial charge in [0.25, 0.3) is 0 Å². The topological polar surface area (TPSA) is 30.2 Å². The van der Waals surface area contributed by atoms with Crippen molar-refractivity contribution in [3.8, 4) is 11.3 Å². The summed E-state index contributed by atoms with van der Waals surface area (Å²) in [4.78, 5) is 0.769.